The Kier molecular flexibility index (Phi) is 7.38. The number of likely N-dealkylation sites (N-methyl/N-ethyl adjacent to an activating group) is 1. The van der Waals surface area contributed by atoms with E-state index in [9.17, 15) is 9.18 Å². The quantitative estimate of drug-likeness (QED) is 0.609. The van der Waals surface area contributed by atoms with Crippen molar-refractivity contribution in [1.82, 2.24) is 10.2 Å². The van der Waals surface area contributed by atoms with E-state index in [1.54, 1.807) is 17.0 Å². The summed E-state index contributed by atoms with van der Waals surface area (Å²) in [7, 11) is 1.84. The minimum Gasteiger partial charge on any atom is -0.368 e. The highest BCUT2D eigenvalue weighted by atomic mass is 79.9. The number of carbonyl (C=O) groups excluding carboxylic acids is 1. The number of ether oxygens (including phenoxy) is 2. The van der Waals surface area contributed by atoms with Gasteiger partial charge in [-0.25, -0.2) is 4.39 Å². The molecule has 2 aliphatic rings. The molecule has 4 atom stereocenters. The first kappa shape index (κ1) is 22.4. The summed E-state index contributed by atoms with van der Waals surface area (Å²) in [5.74, 6) is -0.166. The van der Waals surface area contributed by atoms with Crippen LogP contribution in [0.25, 0.3) is 0 Å². The van der Waals surface area contributed by atoms with Crippen molar-refractivity contribution in [1.29, 1.82) is 0 Å². The predicted octanol–water partition coefficient (Wildman–Crippen LogP) is 4.73. The molecule has 2 aliphatic heterocycles. The van der Waals surface area contributed by atoms with E-state index in [0.717, 1.165) is 22.9 Å². The molecule has 166 valence electrons. The molecule has 2 aromatic rings. The van der Waals surface area contributed by atoms with E-state index in [-0.39, 0.29) is 36.3 Å². The standard InChI is InChI=1S/C24H28BrFN2O3/c1-28(15-20-10-11-21(30-20)16-2-6-18(25)7-3-16)24(29)13-12-23-27-14-22(31-23)17-4-8-19(26)9-5-17/h2-9,20-23,27H,10-15H2,1H3. The van der Waals surface area contributed by atoms with Gasteiger partial charge in [-0.05, 0) is 54.7 Å². The van der Waals surface area contributed by atoms with Crippen molar-refractivity contribution in [2.45, 2.75) is 50.2 Å². The molecule has 4 rings (SSSR count). The number of halogens is 2. The average Bonchev–Trinajstić information content (AvgIpc) is 3.43. The summed E-state index contributed by atoms with van der Waals surface area (Å²) in [5, 5.41) is 3.30. The molecule has 2 aromatic carbocycles. The molecule has 5 nitrogen and oxygen atoms in total. The molecule has 1 amide bonds. The highest BCUT2D eigenvalue weighted by Crippen LogP contribution is 2.33. The highest BCUT2D eigenvalue weighted by molar-refractivity contribution is 9.10. The maximum atomic E-state index is 13.1. The SMILES string of the molecule is CN(CC1CCC(c2ccc(Br)cc2)O1)C(=O)CCC1NCC(c2ccc(F)cc2)O1. The zero-order valence-corrected chi connectivity index (χ0v) is 19.2. The van der Waals surface area contributed by atoms with E-state index in [2.05, 4.69) is 33.4 Å². The smallest absolute Gasteiger partial charge is 0.222 e. The Morgan fingerprint density at radius 3 is 2.48 bits per heavy atom. The highest BCUT2D eigenvalue weighted by Gasteiger charge is 2.29. The normalized spacial score (nSPS) is 25.6. The lowest BCUT2D eigenvalue weighted by atomic mass is 10.1. The van der Waals surface area contributed by atoms with Gasteiger partial charge in [-0.1, -0.05) is 40.2 Å². The van der Waals surface area contributed by atoms with Crippen LogP contribution < -0.4 is 5.32 Å². The molecule has 0 saturated carbocycles. The first-order valence-corrected chi connectivity index (χ1v) is 11.6. The molecular weight excluding hydrogens is 463 g/mol. The van der Waals surface area contributed by atoms with Gasteiger partial charge in [0.1, 0.15) is 12.0 Å². The van der Waals surface area contributed by atoms with Gasteiger partial charge >= 0.3 is 0 Å². The van der Waals surface area contributed by atoms with Gasteiger partial charge in [-0.15, -0.1) is 0 Å². The molecule has 2 heterocycles. The van der Waals surface area contributed by atoms with E-state index < -0.39 is 0 Å². The molecule has 0 radical (unpaired) electrons. The molecule has 4 unspecified atom stereocenters. The number of hydrogen-bond donors (Lipinski definition) is 1. The molecule has 7 heteroatoms. The molecule has 1 N–H and O–H groups in total. The maximum absolute atomic E-state index is 13.1. The number of carbonyl (C=O) groups is 1. The van der Waals surface area contributed by atoms with Crippen LogP contribution in [0.3, 0.4) is 0 Å². The second-order valence-electron chi connectivity index (χ2n) is 8.26. The molecule has 0 aromatic heterocycles. The lowest BCUT2D eigenvalue weighted by Gasteiger charge is -2.22. The van der Waals surface area contributed by atoms with Crippen molar-refractivity contribution in [3.63, 3.8) is 0 Å². The lowest BCUT2D eigenvalue weighted by molar-refractivity contribution is -0.132. The third kappa shape index (κ3) is 5.92. The fourth-order valence-corrected chi connectivity index (χ4v) is 4.46. The second-order valence-corrected chi connectivity index (χ2v) is 9.18. The largest absolute Gasteiger partial charge is 0.368 e. The van der Waals surface area contributed by atoms with E-state index in [1.807, 2.05) is 19.2 Å². The summed E-state index contributed by atoms with van der Waals surface area (Å²) in [6.45, 7) is 1.26. The first-order chi connectivity index (χ1) is 15.0. The van der Waals surface area contributed by atoms with Crippen LogP contribution in [0.4, 0.5) is 4.39 Å². The summed E-state index contributed by atoms with van der Waals surface area (Å²) in [6.07, 6.45) is 2.82. The molecular formula is C24H28BrFN2O3. The minimum atomic E-state index is -0.255. The Labute approximate surface area is 191 Å². The van der Waals surface area contributed by atoms with Crippen molar-refractivity contribution >= 4 is 21.8 Å². The molecule has 0 bridgehead atoms. The van der Waals surface area contributed by atoms with Crippen LogP contribution in [0, 0.1) is 5.82 Å². The molecule has 2 fully saturated rings. The predicted molar refractivity (Wildman–Crippen MR) is 120 cm³/mol. The fourth-order valence-electron chi connectivity index (χ4n) is 4.19. The molecule has 0 spiro atoms. The van der Waals surface area contributed by atoms with Crippen LogP contribution in [0.1, 0.15) is 49.0 Å². The third-order valence-corrected chi connectivity index (χ3v) is 6.50. The Morgan fingerprint density at radius 1 is 1.06 bits per heavy atom. The van der Waals surface area contributed by atoms with Crippen LogP contribution in [-0.2, 0) is 14.3 Å². The monoisotopic (exact) mass is 490 g/mol. The number of amides is 1. The lowest BCUT2D eigenvalue weighted by Crippen LogP contribution is -2.35. The third-order valence-electron chi connectivity index (χ3n) is 5.97. The minimum absolute atomic E-state index is 0.0614. The van der Waals surface area contributed by atoms with Gasteiger partial charge in [0.05, 0.1) is 18.3 Å². The van der Waals surface area contributed by atoms with Gasteiger partial charge in [0.2, 0.25) is 5.91 Å². The summed E-state index contributed by atoms with van der Waals surface area (Å²) < 4.78 is 26.3. The fraction of sp³-hybridized carbons (Fsp3) is 0.458. The second kappa shape index (κ2) is 10.2. The molecule has 2 saturated heterocycles. The van der Waals surface area contributed by atoms with Gasteiger partial charge in [0, 0.05) is 31.0 Å². The van der Waals surface area contributed by atoms with Gasteiger partial charge in [0.15, 0.2) is 0 Å². The Hall–Kier alpha value is -1.80. The number of nitrogens with zero attached hydrogens (tertiary/aromatic N) is 1. The van der Waals surface area contributed by atoms with E-state index in [1.165, 1.54) is 17.7 Å². The number of hydrogen-bond acceptors (Lipinski definition) is 4. The Balaban J connectivity index is 1.19. The van der Waals surface area contributed by atoms with Gasteiger partial charge in [-0.2, -0.15) is 0 Å². The van der Waals surface area contributed by atoms with Crippen molar-refractivity contribution in [2.75, 3.05) is 20.1 Å². The van der Waals surface area contributed by atoms with Crippen LogP contribution in [0.2, 0.25) is 0 Å². The summed E-state index contributed by atoms with van der Waals surface area (Å²) in [4.78, 5) is 14.4. The Bertz CT molecular complexity index is 877. The topological polar surface area (TPSA) is 50.8 Å². The summed E-state index contributed by atoms with van der Waals surface area (Å²) in [6, 6.07) is 14.6. The van der Waals surface area contributed by atoms with Crippen LogP contribution >= 0.6 is 15.9 Å². The maximum Gasteiger partial charge on any atom is 0.222 e. The van der Waals surface area contributed by atoms with Gasteiger partial charge < -0.3 is 14.4 Å². The van der Waals surface area contributed by atoms with E-state index in [0.29, 0.717) is 25.9 Å². The van der Waals surface area contributed by atoms with Crippen molar-refractivity contribution in [3.05, 3.63) is 69.9 Å². The molecule has 31 heavy (non-hydrogen) atoms. The number of benzene rings is 2. The van der Waals surface area contributed by atoms with Crippen molar-refractivity contribution in [3.8, 4) is 0 Å². The van der Waals surface area contributed by atoms with E-state index in [4.69, 9.17) is 9.47 Å². The summed E-state index contributed by atoms with van der Waals surface area (Å²) in [5.41, 5.74) is 2.12. The number of rotatable bonds is 7. The summed E-state index contributed by atoms with van der Waals surface area (Å²) >= 11 is 3.46. The van der Waals surface area contributed by atoms with Crippen molar-refractivity contribution < 1.29 is 18.7 Å². The zero-order chi connectivity index (χ0) is 21.8. The van der Waals surface area contributed by atoms with Gasteiger partial charge in [-0.3, -0.25) is 10.1 Å². The van der Waals surface area contributed by atoms with Crippen molar-refractivity contribution in [2.24, 2.45) is 0 Å². The van der Waals surface area contributed by atoms with Gasteiger partial charge in [0.25, 0.3) is 0 Å². The first-order valence-electron chi connectivity index (χ1n) is 10.8. The van der Waals surface area contributed by atoms with Crippen LogP contribution in [-0.4, -0.2) is 43.3 Å². The zero-order valence-electron chi connectivity index (χ0n) is 17.6. The average molecular weight is 491 g/mol. The van der Waals surface area contributed by atoms with E-state index >= 15 is 0 Å². The van der Waals surface area contributed by atoms with Crippen LogP contribution in [0.15, 0.2) is 53.0 Å². The van der Waals surface area contributed by atoms with Crippen LogP contribution in [0.5, 0.6) is 0 Å². The Morgan fingerprint density at radius 2 is 1.74 bits per heavy atom. The molecule has 0 aliphatic carbocycles. The number of nitrogens with one attached hydrogen (secondary N) is 1.